The van der Waals surface area contributed by atoms with E-state index in [0.717, 1.165) is 0 Å². The molecular weight excluding hydrogens is 246 g/mol. The lowest BCUT2D eigenvalue weighted by Crippen LogP contribution is -2.06. The molecule has 0 radical (unpaired) electrons. The molecule has 0 aliphatic carbocycles. The first-order valence-electron chi connectivity index (χ1n) is 5.76. The van der Waals surface area contributed by atoms with Gasteiger partial charge in [0.1, 0.15) is 5.69 Å². The number of aryl methyl sites for hydroxylation is 1. The molecule has 96 valence electrons. The van der Waals surface area contributed by atoms with E-state index in [0.29, 0.717) is 28.5 Å². The molecule has 6 heteroatoms. The number of hydrogen-bond donors (Lipinski definition) is 1. The molecule has 0 bridgehead atoms. The number of aliphatic carboxylic acids is 1. The van der Waals surface area contributed by atoms with Gasteiger partial charge in [-0.25, -0.2) is 9.50 Å². The van der Waals surface area contributed by atoms with Crippen molar-refractivity contribution in [1.29, 1.82) is 0 Å². The van der Waals surface area contributed by atoms with Crippen LogP contribution in [-0.2, 0) is 11.2 Å². The van der Waals surface area contributed by atoms with Crippen molar-refractivity contribution in [2.75, 3.05) is 0 Å². The third kappa shape index (κ3) is 1.97. The first-order chi connectivity index (χ1) is 9.15. The summed E-state index contributed by atoms with van der Waals surface area (Å²) in [5.41, 5.74) is 2.52. The van der Waals surface area contributed by atoms with Crippen LogP contribution in [0.25, 0.3) is 17.1 Å². The van der Waals surface area contributed by atoms with Crippen molar-refractivity contribution in [3.63, 3.8) is 0 Å². The van der Waals surface area contributed by atoms with E-state index >= 15 is 0 Å². The topological polar surface area (TPSA) is 80.6 Å². The second-order valence-electron chi connectivity index (χ2n) is 4.18. The van der Waals surface area contributed by atoms with Gasteiger partial charge >= 0.3 is 5.97 Å². The lowest BCUT2D eigenvalue weighted by molar-refractivity contribution is -0.136. The minimum Gasteiger partial charge on any atom is -0.481 e. The highest BCUT2D eigenvalue weighted by atomic mass is 16.4. The van der Waals surface area contributed by atoms with Gasteiger partial charge in [0.2, 0.25) is 0 Å². The maximum atomic E-state index is 10.9. The quantitative estimate of drug-likeness (QED) is 0.775. The molecule has 0 spiro atoms. The van der Waals surface area contributed by atoms with E-state index in [1.165, 1.54) is 0 Å². The van der Waals surface area contributed by atoms with Gasteiger partial charge in [0.25, 0.3) is 0 Å². The maximum Gasteiger partial charge on any atom is 0.309 e. The highest BCUT2D eigenvalue weighted by Crippen LogP contribution is 2.19. The molecule has 0 aromatic carbocycles. The molecule has 3 aromatic heterocycles. The number of rotatable bonds is 3. The van der Waals surface area contributed by atoms with E-state index in [1.807, 2.05) is 0 Å². The van der Waals surface area contributed by atoms with Crippen molar-refractivity contribution in [2.24, 2.45) is 0 Å². The molecule has 3 heterocycles. The Bertz CT molecular complexity index is 744. The molecule has 0 aliphatic rings. The van der Waals surface area contributed by atoms with E-state index in [4.69, 9.17) is 9.52 Å². The summed E-state index contributed by atoms with van der Waals surface area (Å²) in [5.74, 6) is -0.273. The Morgan fingerprint density at radius 3 is 2.95 bits per heavy atom. The van der Waals surface area contributed by atoms with Gasteiger partial charge in [-0.1, -0.05) is 0 Å². The number of aromatic nitrogens is 3. The molecule has 0 atom stereocenters. The lowest BCUT2D eigenvalue weighted by Gasteiger charge is -2.01. The third-order valence-corrected chi connectivity index (χ3v) is 2.86. The van der Waals surface area contributed by atoms with Crippen LogP contribution in [0.2, 0.25) is 0 Å². The van der Waals surface area contributed by atoms with Crippen LogP contribution in [0.5, 0.6) is 0 Å². The molecule has 19 heavy (non-hydrogen) atoms. The van der Waals surface area contributed by atoms with E-state index in [2.05, 4.69) is 10.1 Å². The van der Waals surface area contributed by atoms with E-state index < -0.39 is 5.97 Å². The number of hydrogen-bond acceptors (Lipinski definition) is 4. The Morgan fingerprint density at radius 2 is 2.26 bits per heavy atom. The molecule has 0 saturated carbocycles. The van der Waals surface area contributed by atoms with Crippen LogP contribution in [-0.4, -0.2) is 25.7 Å². The second-order valence-corrected chi connectivity index (χ2v) is 4.18. The molecule has 0 fully saturated rings. The van der Waals surface area contributed by atoms with Crippen LogP contribution in [0.15, 0.2) is 34.9 Å². The Kier molecular flexibility index (Phi) is 2.56. The third-order valence-electron chi connectivity index (χ3n) is 2.86. The highest BCUT2D eigenvalue weighted by Gasteiger charge is 2.14. The average Bonchev–Trinajstić information content (AvgIpc) is 2.98. The zero-order valence-electron chi connectivity index (χ0n) is 10.2. The Balaban J connectivity index is 2.18. The number of carbonyl (C=O) groups is 1. The SMILES string of the molecule is Cc1nc2ccc(-c3ccco3)nn2c1CC(=O)O. The van der Waals surface area contributed by atoms with E-state index in [-0.39, 0.29) is 6.42 Å². The zero-order chi connectivity index (χ0) is 13.4. The predicted octanol–water partition coefficient (Wildman–Crippen LogP) is 1.92. The molecular formula is C13H11N3O3. The summed E-state index contributed by atoms with van der Waals surface area (Å²) in [5, 5.41) is 13.3. The van der Waals surface area contributed by atoms with Crippen molar-refractivity contribution < 1.29 is 14.3 Å². The fourth-order valence-electron chi connectivity index (χ4n) is 1.99. The molecule has 3 rings (SSSR count). The maximum absolute atomic E-state index is 10.9. The van der Waals surface area contributed by atoms with Crippen LogP contribution in [0.1, 0.15) is 11.4 Å². The first-order valence-corrected chi connectivity index (χ1v) is 5.76. The largest absolute Gasteiger partial charge is 0.481 e. The summed E-state index contributed by atoms with van der Waals surface area (Å²) in [6, 6.07) is 7.17. The first kappa shape index (κ1) is 11.5. The average molecular weight is 257 g/mol. The standard InChI is InChI=1S/C13H11N3O3/c1-8-10(7-13(17)18)16-12(14-8)5-4-9(15-16)11-3-2-6-19-11/h2-6H,7H2,1H3,(H,17,18). The van der Waals surface area contributed by atoms with Crippen molar-refractivity contribution >= 4 is 11.6 Å². The van der Waals surface area contributed by atoms with Crippen LogP contribution >= 0.6 is 0 Å². The summed E-state index contributed by atoms with van der Waals surface area (Å²) in [4.78, 5) is 15.2. The van der Waals surface area contributed by atoms with Crippen molar-refractivity contribution in [3.8, 4) is 11.5 Å². The normalized spacial score (nSPS) is 11.0. The highest BCUT2D eigenvalue weighted by molar-refractivity contribution is 5.70. The summed E-state index contributed by atoms with van der Waals surface area (Å²) >= 11 is 0. The fourth-order valence-corrected chi connectivity index (χ4v) is 1.99. The number of fused-ring (bicyclic) bond motifs is 1. The van der Waals surface area contributed by atoms with Gasteiger partial charge in [-0.15, -0.1) is 0 Å². The number of imidazole rings is 1. The van der Waals surface area contributed by atoms with E-state index in [9.17, 15) is 4.79 Å². The van der Waals surface area contributed by atoms with Gasteiger partial charge in [-0.05, 0) is 31.2 Å². The molecule has 6 nitrogen and oxygen atoms in total. The smallest absolute Gasteiger partial charge is 0.309 e. The van der Waals surface area contributed by atoms with Gasteiger partial charge in [0.05, 0.1) is 24.1 Å². The zero-order valence-corrected chi connectivity index (χ0v) is 10.2. The van der Waals surface area contributed by atoms with Crippen LogP contribution in [0.4, 0.5) is 0 Å². The Labute approximate surface area is 108 Å². The Hall–Kier alpha value is -2.63. The van der Waals surface area contributed by atoms with Gasteiger partial charge in [0.15, 0.2) is 11.4 Å². The number of furan rings is 1. The summed E-state index contributed by atoms with van der Waals surface area (Å²) in [7, 11) is 0. The van der Waals surface area contributed by atoms with Gasteiger partial charge in [-0.2, -0.15) is 5.10 Å². The number of carboxylic acid groups (broad SMARTS) is 1. The van der Waals surface area contributed by atoms with Crippen molar-refractivity contribution in [2.45, 2.75) is 13.3 Å². The minimum atomic E-state index is -0.907. The summed E-state index contributed by atoms with van der Waals surface area (Å²) in [6.45, 7) is 1.78. The van der Waals surface area contributed by atoms with Crippen LogP contribution in [0, 0.1) is 6.92 Å². The van der Waals surface area contributed by atoms with Crippen LogP contribution < -0.4 is 0 Å². The van der Waals surface area contributed by atoms with Crippen molar-refractivity contribution in [3.05, 3.63) is 41.9 Å². The van der Waals surface area contributed by atoms with Gasteiger partial charge in [-0.3, -0.25) is 4.79 Å². The molecule has 0 amide bonds. The Morgan fingerprint density at radius 1 is 1.42 bits per heavy atom. The molecule has 0 aliphatic heterocycles. The number of carboxylic acids is 1. The van der Waals surface area contributed by atoms with E-state index in [1.54, 1.807) is 42.0 Å². The molecule has 1 N–H and O–H groups in total. The summed E-state index contributed by atoms with van der Waals surface area (Å²) in [6.07, 6.45) is 1.46. The monoisotopic (exact) mass is 257 g/mol. The summed E-state index contributed by atoms with van der Waals surface area (Å²) < 4.78 is 6.84. The van der Waals surface area contributed by atoms with Gasteiger partial charge in [0, 0.05) is 0 Å². The van der Waals surface area contributed by atoms with Crippen LogP contribution in [0.3, 0.4) is 0 Å². The molecule has 0 saturated heterocycles. The number of nitrogens with zero attached hydrogens (tertiary/aromatic N) is 3. The molecule has 3 aromatic rings. The van der Waals surface area contributed by atoms with Gasteiger partial charge < -0.3 is 9.52 Å². The second kappa shape index (κ2) is 4.24. The lowest BCUT2D eigenvalue weighted by atomic mass is 10.2. The fraction of sp³-hybridized carbons (Fsp3) is 0.154. The predicted molar refractivity (Wildman–Crippen MR) is 66.8 cm³/mol. The molecule has 0 unspecified atom stereocenters. The minimum absolute atomic E-state index is 0.110. The van der Waals surface area contributed by atoms with Crippen molar-refractivity contribution in [1.82, 2.24) is 14.6 Å².